The molecule has 1 aromatic carbocycles. The molecule has 1 aliphatic heterocycles. The lowest BCUT2D eigenvalue weighted by molar-refractivity contribution is 0.414. The lowest BCUT2D eigenvalue weighted by Crippen LogP contribution is -2.47. The number of rotatable bonds is 6. The van der Waals surface area contributed by atoms with Crippen molar-refractivity contribution in [1.29, 1.82) is 0 Å². The number of aromatic nitrogens is 4. The molecule has 3 aromatic rings. The molecule has 0 amide bonds. The normalized spacial score (nSPS) is 14.0. The smallest absolute Gasteiger partial charge is 0.225 e. The van der Waals surface area contributed by atoms with Crippen LogP contribution in [0.3, 0.4) is 0 Å². The van der Waals surface area contributed by atoms with E-state index >= 15 is 0 Å². The lowest BCUT2D eigenvalue weighted by Gasteiger charge is -2.35. The molecule has 1 fully saturated rings. The molecule has 4 rings (SSSR count). The summed E-state index contributed by atoms with van der Waals surface area (Å²) in [6, 6.07) is 11.9. The molecule has 1 N–H and O–H groups in total. The first kappa shape index (κ1) is 18.9. The predicted octanol–water partition coefficient (Wildman–Crippen LogP) is 2.52. The summed E-state index contributed by atoms with van der Waals surface area (Å²) in [4.78, 5) is 22.4. The van der Waals surface area contributed by atoms with Gasteiger partial charge < -0.3 is 19.9 Å². The van der Waals surface area contributed by atoms with Crippen molar-refractivity contribution in [2.45, 2.75) is 13.5 Å². The van der Waals surface area contributed by atoms with Gasteiger partial charge in [-0.25, -0.2) is 19.9 Å². The summed E-state index contributed by atoms with van der Waals surface area (Å²) < 4.78 is 5.21. The highest BCUT2D eigenvalue weighted by molar-refractivity contribution is 5.51. The zero-order chi connectivity index (χ0) is 20.1. The third-order valence-corrected chi connectivity index (χ3v) is 4.90. The Bertz CT molecular complexity index is 926. The number of hydrogen-bond donors (Lipinski definition) is 1. The fraction of sp³-hybridized carbons (Fsp3) is 0.333. The van der Waals surface area contributed by atoms with E-state index in [2.05, 4.69) is 35.1 Å². The first-order chi connectivity index (χ1) is 14.2. The van der Waals surface area contributed by atoms with Gasteiger partial charge in [-0.15, -0.1) is 0 Å². The maximum Gasteiger partial charge on any atom is 0.225 e. The van der Waals surface area contributed by atoms with Gasteiger partial charge in [-0.05, 0) is 30.7 Å². The molecule has 8 heteroatoms. The number of ether oxygens (including phenoxy) is 1. The molecule has 2 aromatic heterocycles. The van der Waals surface area contributed by atoms with E-state index in [1.54, 1.807) is 19.5 Å². The summed E-state index contributed by atoms with van der Waals surface area (Å²) in [6.07, 6.45) is 3.56. The van der Waals surface area contributed by atoms with Gasteiger partial charge in [0.25, 0.3) is 0 Å². The van der Waals surface area contributed by atoms with Gasteiger partial charge in [-0.2, -0.15) is 0 Å². The lowest BCUT2D eigenvalue weighted by atomic mass is 10.2. The largest absolute Gasteiger partial charge is 0.497 e. The average molecular weight is 391 g/mol. The highest BCUT2D eigenvalue weighted by atomic mass is 16.5. The zero-order valence-corrected chi connectivity index (χ0v) is 16.7. The maximum atomic E-state index is 5.21. The van der Waals surface area contributed by atoms with Crippen molar-refractivity contribution in [2.24, 2.45) is 0 Å². The van der Waals surface area contributed by atoms with Gasteiger partial charge >= 0.3 is 0 Å². The second-order valence-electron chi connectivity index (χ2n) is 6.88. The van der Waals surface area contributed by atoms with E-state index in [-0.39, 0.29) is 0 Å². The van der Waals surface area contributed by atoms with E-state index in [0.717, 1.165) is 55.3 Å². The fourth-order valence-electron chi connectivity index (χ4n) is 3.33. The van der Waals surface area contributed by atoms with Crippen LogP contribution in [0.2, 0.25) is 0 Å². The van der Waals surface area contributed by atoms with Gasteiger partial charge in [0.1, 0.15) is 23.2 Å². The second-order valence-corrected chi connectivity index (χ2v) is 6.88. The van der Waals surface area contributed by atoms with Crippen molar-refractivity contribution < 1.29 is 4.74 Å². The Morgan fingerprint density at radius 3 is 2.34 bits per heavy atom. The van der Waals surface area contributed by atoms with Crippen LogP contribution in [0.5, 0.6) is 5.75 Å². The van der Waals surface area contributed by atoms with Crippen LogP contribution in [0.1, 0.15) is 11.4 Å². The van der Waals surface area contributed by atoms with Gasteiger partial charge in [0.05, 0.1) is 7.11 Å². The molecule has 0 aliphatic carbocycles. The van der Waals surface area contributed by atoms with Gasteiger partial charge in [0.15, 0.2) is 0 Å². The van der Waals surface area contributed by atoms with Crippen molar-refractivity contribution in [3.05, 3.63) is 60.2 Å². The Hall–Kier alpha value is -3.42. The van der Waals surface area contributed by atoms with E-state index in [9.17, 15) is 0 Å². The topological polar surface area (TPSA) is 79.3 Å². The van der Waals surface area contributed by atoms with Crippen LogP contribution in [0.15, 0.2) is 48.8 Å². The maximum absolute atomic E-state index is 5.21. The summed E-state index contributed by atoms with van der Waals surface area (Å²) in [5.41, 5.74) is 1.17. The number of hydrogen-bond acceptors (Lipinski definition) is 8. The van der Waals surface area contributed by atoms with Crippen molar-refractivity contribution in [2.75, 3.05) is 48.4 Å². The highest BCUT2D eigenvalue weighted by Crippen LogP contribution is 2.20. The van der Waals surface area contributed by atoms with Gasteiger partial charge in [0, 0.05) is 51.2 Å². The van der Waals surface area contributed by atoms with E-state index < -0.39 is 0 Å². The minimum atomic E-state index is 0.693. The Morgan fingerprint density at radius 2 is 1.66 bits per heavy atom. The van der Waals surface area contributed by atoms with Crippen LogP contribution in [0.4, 0.5) is 17.6 Å². The molecule has 0 radical (unpaired) electrons. The molecule has 29 heavy (non-hydrogen) atoms. The van der Waals surface area contributed by atoms with Crippen molar-refractivity contribution in [1.82, 2.24) is 19.9 Å². The molecule has 0 spiro atoms. The third-order valence-electron chi connectivity index (χ3n) is 4.90. The summed E-state index contributed by atoms with van der Waals surface area (Å²) in [6.45, 7) is 6.08. The molecule has 0 bridgehead atoms. The number of anilines is 3. The van der Waals surface area contributed by atoms with Crippen LogP contribution in [-0.4, -0.2) is 53.2 Å². The number of benzene rings is 1. The number of piperazine rings is 1. The minimum Gasteiger partial charge on any atom is -0.497 e. The van der Waals surface area contributed by atoms with Gasteiger partial charge in [0.2, 0.25) is 5.95 Å². The molecular formula is C21H25N7O. The number of methoxy groups -OCH3 is 1. The summed E-state index contributed by atoms with van der Waals surface area (Å²) in [7, 11) is 1.67. The first-order valence-electron chi connectivity index (χ1n) is 9.71. The molecule has 3 heterocycles. The third kappa shape index (κ3) is 4.71. The molecular weight excluding hydrogens is 366 g/mol. The number of aryl methyl sites for hydroxylation is 1. The first-order valence-corrected chi connectivity index (χ1v) is 9.71. The summed E-state index contributed by atoms with van der Waals surface area (Å²) >= 11 is 0. The van der Waals surface area contributed by atoms with Crippen LogP contribution >= 0.6 is 0 Å². The molecule has 150 valence electrons. The Morgan fingerprint density at radius 1 is 0.966 bits per heavy atom. The quantitative estimate of drug-likeness (QED) is 0.687. The average Bonchev–Trinajstić information content (AvgIpc) is 2.78. The second kappa shape index (κ2) is 8.72. The molecule has 0 saturated carbocycles. The van der Waals surface area contributed by atoms with Crippen LogP contribution < -0.4 is 19.9 Å². The Labute approximate surface area is 170 Å². The van der Waals surface area contributed by atoms with Gasteiger partial charge in [-0.3, -0.25) is 0 Å². The summed E-state index contributed by atoms with van der Waals surface area (Å²) in [5, 5.41) is 3.40. The van der Waals surface area contributed by atoms with Crippen molar-refractivity contribution in [3.63, 3.8) is 0 Å². The van der Waals surface area contributed by atoms with E-state index in [1.165, 1.54) is 5.56 Å². The molecule has 1 saturated heterocycles. The predicted molar refractivity (Wildman–Crippen MR) is 114 cm³/mol. The highest BCUT2D eigenvalue weighted by Gasteiger charge is 2.20. The van der Waals surface area contributed by atoms with E-state index in [0.29, 0.717) is 6.54 Å². The molecule has 0 unspecified atom stereocenters. The molecule has 1 aliphatic rings. The Kier molecular flexibility index (Phi) is 5.69. The molecule has 0 atom stereocenters. The zero-order valence-electron chi connectivity index (χ0n) is 16.7. The fourth-order valence-corrected chi connectivity index (χ4v) is 3.33. The van der Waals surface area contributed by atoms with E-state index in [4.69, 9.17) is 4.74 Å². The van der Waals surface area contributed by atoms with Crippen LogP contribution in [-0.2, 0) is 6.54 Å². The number of nitrogens with one attached hydrogen (secondary N) is 1. The Balaban J connectivity index is 1.39. The monoisotopic (exact) mass is 391 g/mol. The van der Waals surface area contributed by atoms with Crippen molar-refractivity contribution >= 4 is 17.6 Å². The van der Waals surface area contributed by atoms with E-state index in [1.807, 2.05) is 43.3 Å². The van der Waals surface area contributed by atoms with Gasteiger partial charge in [-0.1, -0.05) is 12.1 Å². The SMILES string of the molecule is COc1ccc(CNc2cc(N3CCN(c4ncccn4)CC3)nc(C)n2)cc1. The van der Waals surface area contributed by atoms with Crippen molar-refractivity contribution in [3.8, 4) is 5.75 Å². The molecule has 8 nitrogen and oxygen atoms in total. The minimum absolute atomic E-state index is 0.693. The summed E-state index contributed by atoms with van der Waals surface area (Å²) in [5.74, 6) is 4.18. The standard InChI is InChI=1S/C21H25N7O/c1-16-25-19(24-15-17-4-6-18(29-2)7-5-17)14-20(26-16)27-10-12-28(13-11-27)21-22-8-3-9-23-21/h3-9,14H,10-13,15H2,1-2H3,(H,24,25,26). The number of nitrogens with zero attached hydrogens (tertiary/aromatic N) is 6. The van der Waals surface area contributed by atoms with Crippen LogP contribution in [0, 0.1) is 6.92 Å². The van der Waals surface area contributed by atoms with Crippen LogP contribution in [0.25, 0.3) is 0 Å².